The molecule has 0 amide bonds. The molecule has 0 aromatic heterocycles. The number of nitrogens with zero attached hydrogens (tertiary/aromatic N) is 1. The summed E-state index contributed by atoms with van der Waals surface area (Å²) >= 11 is 0. The normalized spacial score (nSPS) is 34.6. The van der Waals surface area contributed by atoms with Crippen LogP contribution in [0.15, 0.2) is 0 Å². The Balaban J connectivity index is 1.80. The van der Waals surface area contributed by atoms with Crippen molar-refractivity contribution >= 4 is 0 Å². The molecule has 16 heavy (non-hydrogen) atoms. The minimum absolute atomic E-state index is 0.159. The highest BCUT2D eigenvalue weighted by atomic mass is 16.5. The van der Waals surface area contributed by atoms with E-state index in [-0.39, 0.29) is 12.0 Å². The quantitative estimate of drug-likeness (QED) is 0.711. The molecule has 90 valence electrons. The first-order valence-electron chi connectivity index (χ1n) is 6.84. The van der Waals surface area contributed by atoms with Gasteiger partial charge in [-0.25, -0.2) is 0 Å². The lowest BCUT2D eigenvalue weighted by Crippen LogP contribution is -2.31. The van der Waals surface area contributed by atoms with Crippen LogP contribution in [0.4, 0.5) is 0 Å². The van der Waals surface area contributed by atoms with Crippen molar-refractivity contribution in [2.75, 3.05) is 6.61 Å². The maximum absolute atomic E-state index is 9.13. The summed E-state index contributed by atoms with van der Waals surface area (Å²) in [6.07, 6.45) is 8.88. The first-order valence-corrected chi connectivity index (χ1v) is 6.84. The van der Waals surface area contributed by atoms with Gasteiger partial charge in [-0.15, -0.1) is 0 Å². The highest BCUT2D eigenvalue weighted by Crippen LogP contribution is 2.35. The molecule has 0 spiro atoms. The molecule has 2 heteroatoms. The first kappa shape index (κ1) is 11.9. The van der Waals surface area contributed by atoms with Crippen molar-refractivity contribution in [3.05, 3.63) is 0 Å². The van der Waals surface area contributed by atoms with Crippen LogP contribution in [0.3, 0.4) is 0 Å². The van der Waals surface area contributed by atoms with Crippen LogP contribution >= 0.6 is 0 Å². The van der Waals surface area contributed by atoms with E-state index in [0.717, 1.165) is 31.3 Å². The Hall–Kier alpha value is -0.550. The third-order valence-corrected chi connectivity index (χ3v) is 4.01. The first-order chi connectivity index (χ1) is 7.83. The second kappa shape index (κ2) is 5.68. The molecule has 0 bridgehead atoms. The average molecular weight is 221 g/mol. The van der Waals surface area contributed by atoms with Crippen LogP contribution in [0.5, 0.6) is 0 Å². The lowest BCUT2D eigenvalue weighted by atomic mass is 9.78. The predicted molar refractivity (Wildman–Crippen MR) is 63.8 cm³/mol. The standard InChI is InChI=1S/C14H23NO/c1-2-3-11-6-7-13(9-15)14(8-11)16-10-12-4-5-12/h11-14H,2-8,10H2,1H3. The summed E-state index contributed by atoms with van der Waals surface area (Å²) in [6.45, 7) is 3.15. The van der Waals surface area contributed by atoms with E-state index in [0.29, 0.717) is 0 Å². The summed E-state index contributed by atoms with van der Waals surface area (Å²) in [6, 6.07) is 2.44. The maximum atomic E-state index is 9.13. The van der Waals surface area contributed by atoms with E-state index in [2.05, 4.69) is 13.0 Å². The number of ether oxygens (including phenoxy) is 1. The molecule has 0 heterocycles. The highest BCUT2D eigenvalue weighted by molar-refractivity contribution is 4.94. The molecule has 0 saturated heterocycles. The molecule has 0 N–H and O–H groups in total. The van der Waals surface area contributed by atoms with Gasteiger partial charge in [0.25, 0.3) is 0 Å². The molecule has 0 aromatic rings. The van der Waals surface area contributed by atoms with Crippen molar-refractivity contribution in [3.8, 4) is 6.07 Å². The summed E-state index contributed by atoms with van der Waals surface area (Å²) in [5.74, 6) is 1.77. The Kier molecular flexibility index (Phi) is 4.23. The van der Waals surface area contributed by atoms with Crippen molar-refractivity contribution < 1.29 is 4.74 Å². The molecule has 2 fully saturated rings. The molecule has 2 aliphatic rings. The number of rotatable bonds is 5. The Bertz CT molecular complexity index is 254. The van der Waals surface area contributed by atoms with Crippen molar-refractivity contribution in [1.29, 1.82) is 5.26 Å². The molecule has 0 aliphatic heterocycles. The van der Waals surface area contributed by atoms with Gasteiger partial charge in [0.05, 0.1) is 18.1 Å². The fraction of sp³-hybridized carbons (Fsp3) is 0.929. The minimum atomic E-state index is 0.159. The Morgan fingerprint density at radius 3 is 2.56 bits per heavy atom. The third-order valence-electron chi connectivity index (χ3n) is 4.01. The minimum Gasteiger partial charge on any atom is -0.377 e. The summed E-state index contributed by atoms with van der Waals surface area (Å²) < 4.78 is 5.96. The second-order valence-electron chi connectivity index (χ2n) is 5.52. The zero-order valence-corrected chi connectivity index (χ0v) is 10.3. The molecule has 3 atom stereocenters. The SMILES string of the molecule is CCCC1CCC(C#N)C(OCC2CC2)C1. The van der Waals surface area contributed by atoms with Crippen LogP contribution in [0, 0.1) is 29.1 Å². The topological polar surface area (TPSA) is 33.0 Å². The monoisotopic (exact) mass is 221 g/mol. The maximum Gasteiger partial charge on any atom is 0.0735 e. The lowest BCUT2D eigenvalue weighted by molar-refractivity contribution is -0.0156. The van der Waals surface area contributed by atoms with E-state index >= 15 is 0 Å². The van der Waals surface area contributed by atoms with E-state index in [9.17, 15) is 0 Å². The van der Waals surface area contributed by atoms with E-state index < -0.39 is 0 Å². The smallest absolute Gasteiger partial charge is 0.0735 e. The van der Waals surface area contributed by atoms with Gasteiger partial charge in [0.2, 0.25) is 0 Å². The largest absolute Gasteiger partial charge is 0.377 e. The highest BCUT2D eigenvalue weighted by Gasteiger charge is 2.32. The molecule has 0 radical (unpaired) electrons. The molecule has 2 saturated carbocycles. The van der Waals surface area contributed by atoms with Gasteiger partial charge in [0, 0.05) is 6.61 Å². The van der Waals surface area contributed by atoms with Gasteiger partial charge < -0.3 is 4.74 Å². The van der Waals surface area contributed by atoms with Crippen LogP contribution in [-0.4, -0.2) is 12.7 Å². The molecular weight excluding hydrogens is 198 g/mol. The molecule has 2 rings (SSSR count). The van der Waals surface area contributed by atoms with Crippen LogP contribution < -0.4 is 0 Å². The van der Waals surface area contributed by atoms with E-state index in [1.165, 1.54) is 32.1 Å². The third kappa shape index (κ3) is 3.22. The van der Waals surface area contributed by atoms with Gasteiger partial charge in [-0.05, 0) is 43.9 Å². The summed E-state index contributed by atoms with van der Waals surface area (Å²) in [4.78, 5) is 0. The van der Waals surface area contributed by atoms with Crippen LogP contribution in [-0.2, 0) is 4.74 Å². The Morgan fingerprint density at radius 1 is 1.19 bits per heavy atom. The molecule has 3 unspecified atom stereocenters. The van der Waals surface area contributed by atoms with Gasteiger partial charge >= 0.3 is 0 Å². The van der Waals surface area contributed by atoms with Gasteiger partial charge in [-0.1, -0.05) is 19.8 Å². The fourth-order valence-electron chi connectivity index (χ4n) is 2.76. The van der Waals surface area contributed by atoms with Gasteiger partial charge in [-0.2, -0.15) is 5.26 Å². The molecular formula is C14H23NO. The average Bonchev–Trinajstić information content (AvgIpc) is 3.11. The van der Waals surface area contributed by atoms with Crippen molar-refractivity contribution in [3.63, 3.8) is 0 Å². The Morgan fingerprint density at radius 2 is 1.94 bits per heavy atom. The zero-order valence-electron chi connectivity index (χ0n) is 10.3. The van der Waals surface area contributed by atoms with E-state index in [1.807, 2.05) is 0 Å². The number of hydrogen-bond acceptors (Lipinski definition) is 2. The van der Waals surface area contributed by atoms with Crippen LogP contribution in [0.25, 0.3) is 0 Å². The second-order valence-corrected chi connectivity index (χ2v) is 5.52. The van der Waals surface area contributed by atoms with Gasteiger partial charge in [0.1, 0.15) is 0 Å². The van der Waals surface area contributed by atoms with Crippen molar-refractivity contribution in [2.45, 2.75) is 58.0 Å². The van der Waals surface area contributed by atoms with E-state index in [4.69, 9.17) is 10.00 Å². The summed E-state index contributed by atoms with van der Waals surface area (Å²) in [5, 5.41) is 9.13. The molecule has 2 nitrogen and oxygen atoms in total. The summed E-state index contributed by atoms with van der Waals surface area (Å²) in [7, 11) is 0. The van der Waals surface area contributed by atoms with Crippen molar-refractivity contribution in [2.24, 2.45) is 17.8 Å². The van der Waals surface area contributed by atoms with E-state index in [1.54, 1.807) is 0 Å². The van der Waals surface area contributed by atoms with Crippen LogP contribution in [0.2, 0.25) is 0 Å². The summed E-state index contributed by atoms with van der Waals surface area (Å²) in [5.41, 5.74) is 0. The fourth-order valence-corrected chi connectivity index (χ4v) is 2.76. The van der Waals surface area contributed by atoms with Crippen molar-refractivity contribution in [1.82, 2.24) is 0 Å². The predicted octanol–water partition coefficient (Wildman–Crippen LogP) is 3.52. The zero-order chi connectivity index (χ0) is 11.4. The number of nitriles is 1. The van der Waals surface area contributed by atoms with Gasteiger partial charge in [-0.3, -0.25) is 0 Å². The van der Waals surface area contributed by atoms with Gasteiger partial charge in [0.15, 0.2) is 0 Å². The number of hydrogen-bond donors (Lipinski definition) is 0. The van der Waals surface area contributed by atoms with Crippen LogP contribution in [0.1, 0.15) is 51.9 Å². The molecule has 2 aliphatic carbocycles. The lowest BCUT2D eigenvalue weighted by Gasteiger charge is -2.32. The molecule has 0 aromatic carbocycles. The Labute approximate surface area is 99.0 Å².